The van der Waals surface area contributed by atoms with E-state index in [9.17, 15) is 4.79 Å². The summed E-state index contributed by atoms with van der Waals surface area (Å²) >= 11 is 0. The van der Waals surface area contributed by atoms with Crippen LogP contribution in [0, 0.1) is 11.8 Å². The first-order valence-electron chi connectivity index (χ1n) is 7.79. The lowest BCUT2D eigenvalue weighted by Crippen LogP contribution is -2.32. The summed E-state index contributed by atoms with van der Waals surface area (Å²) in [5.41, 5.74) is 2.25. The number of nitrogens with zero attached hydrogens (tertiary/aromatic N) is 3. The fourth-order valence-corrected chi connectivity index (χ4v) is 3.67. The number of hydrogen-bond acceptors (Lipinski definition) is 3. The van der Waals surface area contributed by atoms with Crippen LogP contribution in [-0.2, 0) is 11.3 Å². The molecule has 22 heavy (non-hydrogen) atoms. The van der Waals surface area contributed by atoms with Crippen molar-refractivity contribution in [3.05, 3.63) is 60.4 Å². The van der Waals surface area contributed by atoms with Gasteiger partial charge in [-0.3, -0.25) is 14.7 Å². The van der Waals surface area contributed by atoms with Crippen molar-refractivity contribution in [3.63, 3.8) is 0 Å². The van der Waals surface area contributed by atoms with E-state index in [1.54, 1.807) is 12.4 Å². The molecule has 2 aliphatic heterocycles. The highest BCUT2D eigenvalue weighted by Crippen LogP contribution is 2.35. The SMILES string of the molecule is O=C1[C@H]2CN(Cc3ccccc3)C[C@H]2CN1c1cccnc1. The number of carbonyl (C=O) groups excluding carboxylic acids is 1. The van der Waals surface area contributed by atoms with Crippen molar-refractivity contribution in [2.75, 3.05) is 24.5 Å². The molecule has 0 bridgehead atoms. The van der Waals surface area contributed by atoms with Gasteiger partial charge in [-0.1, -0.05) is 30.3 Å². The van der Waals surface area contributed by atoms with Gasteiger partial charge in [0.15, 0.2) is 0 Å². The first kappa shape index (κ1) is 13.5. The Labute approximate surface area is 130 Å². The van der Waals surface area contributed by atoms with Gasteiger partial charge in [-0.15, -0.1) is 0 Å². The van der Waals surface area contributed by atoms with Crippen molar-refractivity contribution < 1.29 is 4.79 Å². The van der Waals surface area contributed by atoms with Crippen LogP contribution in [0.4, 0.5) is 5.69 Å². The number of carbonyl (C=O) groups is 1. The van der Waals surface area contributed by atoms with Gasteiger partial charge in [0.1, 0.15) is 0 Å². The van der Waals surface area contributed by atoms with E-state index in [0.29, 0.717) is 5.92 Å². The lowest BCUT2D eigenvalue weighted by molar-refractivity contribution is -0.120. The molecule has 1 aromatic carbocycles. The van der Waals surface area contributed by atoms with Crippen LogP contribution in [0.5, 0.6) is 0 Å². The molecule has 2 fully saturated rings. The molecule has 3 heterocycles. The van der Waals surface area contributed by atoms with Crippen molar-refractivity contribution >= 4 is 11.6 Å². The molecule has 2 atom stereocenters. The number of hydrogen-bond donors (Lipinski definition) is 0. The third-order valence-electron chi connectivity index (χ3n) is 4.72. The van der Waals surface area contributed by atoms with Crippen molar-refractivity contribution in [1.29, 1.82) is 0 Å². The molecule has 1 aromatic heterocycles. The Morgan fingerprint density at radius 1 is 1.05 bits per heavy atom. The second-order valence-corrected chi connectivity index (χ2v) is 6.21. The van der Waals surface area contributed by atoms with Gasteiger partial charge in [0.05, 0.1) is 17.8 Å². The van der Waals surface area contributed by atoms with Crippen molar-refractivity contribution in [2.24, 2.45) is 11.8 Å². The van der Waals surface area contributed by atoms with Gasteiger partial charge < -0.3 is 4.90 Å². The summed E-state index contributed by atoms with van der Waals surface area (Å²) in [5.74, 6) is 0.842. The minimum Gasteiger partial charge on any atom is -0.310 e. The van der Waals surface area contributed by atoms with Crippen LogP contribution in [-0.4, -0.2) is 35.4 Å². The molecule has 2 saturated heterocycles. The molecule has 4 heteroatoms. The minimum absolute atomic E-state index is 0.143. The summed E-state index contributed by atoms with van der Waals surface area (Å²) in [5, 5.41) is 0. The van der Waals surface area contributed by atoms with Crippen LogP contribution in [0.1, 0.15) is 5.56 Å². The molecule has 2 aromatic rings. The van der Waals surface area contributed by atoms with Crippen LogP contribution < -0.4 is 4.90 Å². The minimum atomic E-state index is 0.143. The zero-order chi connectivity index (χ0) is 14.9. The topological polar surface area (TPSA) is 36.4 Å². The van der Waals surface area contributed by atoms with Gasteiger partial charge >= 0.3 is 0 Å². The monoisotopic (exact) mass is 293 g/mol. The number of anilines is 1. The second-order valence-electron chi connectivity index (χ2n) is 6.21. The van der Waals surface area contributed by atoms with Gasteiger partial charge in [-0.2, -0.15) is 0 Å². The molecule has 0 unspecified atom stereocenters. The second kappa shape index (κ2) is 5.54. The van der Waals surface area contributed by atoms with Crippen molar-refractivity contribution in [3.8, 4) is 0 Å². The van der Waals surface area contributed by atoms with Crippen LogP contribution in [0.2, 0.25) is 0 Å². The predicted molar refractivity (Wildman–Crippen MR) is 85.3 cm³/mol. The zero-order valence-electron chi connectivity index (χ0n) is 12.4. The molecule has 1 amide bonds. The zero-order valence-corrected chi connectivity index (χ0v) is 12.4. The largest absolute Gasteiger partial charge is 0.310 e. The fourth-order valence-electron chi connectivity index (χ4n) is 3.67. The Bertz CT molecular complexity index is 659. The molecule has 4 nitrogen and oxygen atoms in total. The van der Waals surface area contributed by atoms with Gasteiger partial charge in [-0.25, -0.2) is 0 Å². The fraction of sp³-hybridized carbons (Fsp3) is 0.333. The smallest absolute Gasteiger partial charge is 0.231 e. The predicted octanol–water partition coefficient (Wildman–Crippen LogP) is 2.18. The normalized spacial score (nSPS) is 24.7. The van der Waals surface area contributed by atoms with Crippen molar-refractivity contribution in [2.45, 2.75) is 6.54 Å². The molecule has 0 radical (unpaired) electrons. The number of amides is 1. The quantitative estimate of drug-likeness (QED) is 0.870. The highest BCUT2D eigenvalue weighted by Gasteiger charge is 2.46. The number of pyridine rings is 1. The summed E-state index contributed by atoms with van der Waals surface area (Å²) in [6, 6.07) is 14.3. The molecule has 0 aliphatic carbocycles. The highest BCUT2D eigenvalue weighted by molar-refractivity contribution is 5.97. The first-order valence-corrected chi connectivity index (χ1v) is 7.79. The van der Waals surface area contributed by atoms with Gasteiger partial charge in [0.25, 0.3) is 0 Å². The summed E-state index contributed by atoms with van der Waals surface area (Å²) in [6.45, 7) is 3.63. The third-order valence-corrected chi connectivity index (χ3v) is 4.72. The Morgan fingerprint density at radius 3 is 2.64 bits per heavy atom. The number of rotatable bonds is 3. The van der Waals surface area contributed by atoms with Gasteiger partial charge in [0.2, 0.25) is 5.91 Å². The van der Waals surface area contributed by atoms with E-state index in [4.69, 9.17) is 0 Å². The number of benzene rings is 1. The van der Waals surface area contributed by atoms with Gasteiger partial charge in [-0.05, 0) is 17.7 Å². The average Bonchev–Trinajstić information content (AvgIpc) is 3.08. The summed E-state index contributed by atoms with van der Waals surface area (Å²) in [7, 11) is 0. The molecule has 0 saturated carbocycles. The van der Waals surface area contributed by atoms with E-state index < -0.39 is 0 Å². The molecule has 0 N–H and O–H groups in total. The van der Waals surface area contributed by atoms with Crippen LogP contribution >= 0.6 is 0 Å². The van der Waals surface area contributed by atoms with Crippen LogP contribution in [0.15, 0.2) is 54.9 Å². The maximum Gasteiger partial charge on any atom is 0.231 e. The van der Waals surface area contributed by atoms with Crippen LogP contribution in [0.3, 0.4) is 0 Å². The molecule has 112 valence electrons. The highest BCUT2D eigenvalue weighted by atomic mass is 16.2. The standard InChI is InChI=1S/C18H19N3O/c22-18-17-13-20(10-14-5-2-1-3-6-14)11-15(17)12-21(18)16-7-4-8-19-9-16/h1-9,15,17H,10-13H2/t15-,17-/m0/s1. The van der Waals surface area contributed by atoms with E-state index in [1.807, 2.05) is 23.1 Å². The summed E-state index contributed by atoms with van der Waals surface area (Å²) in [4.78, 5) is 21.1. The van der Waals surface area contributed by atoms with Crippen LogP contribution in [0.25, 0.3) is 0 Å². The summed E-state index contributed by atoms with van der Waals surface area (Å²) < 4.78 is 0. The molecule has 2 aliphatic rings. The first-order chi connectivity index (χ1) is 10.8. The maximum atomic E-state index is 12.7. The van der Waals surface area contributed by atoms with Gasteiger partial charge in [0, 0.05) is 38.3 Å². The van der Waals surface area contributed by atoms with E-state index in [1.165, 1.54) is 5.56 Å². The van der Waals surface area contributed by atoms with E-state index in [2.05, 4.69) is 34.1 Å². The number of likely N-dealkylation sites (tertiary alicyclic amines) is 1. The lowest BCUT2D eigenvalue weighted by atomic mass is 10.0. The summed E-state index contributed by atoms with van der Waals surface area (Å²) in [6.07, 6.45) is 3.52. The van der Waals surface area contributed by atoms with Crippen molar-refractivity contribution in [1.82, 2.24) is 9.88 Å². The third kappa shape index (κ3) is 2.40. The van der Waals surface area contributed by atoms with E-state index in [0.717, 1.165) is 31.9 Å². The molecular formula is C18H19N3O. The van der Waals surface area contributed by atoms with E-state index >= 15 is 0 Å². The molecular weight excluding hydrogens is 274 g/mol. The average molecular weight is 293 g/mol. The lowest BCUT2D eigenvalue weighted by Gasteiger charge is -2.21. The maximum absolute atomic E-state index is 12.7. The Kier molecular flexibility index (Phi) is 3.39. The Hall–Kier alpha value is -2.20. The molecule has 0 spiro atoms. The Morgan fingerprint density at radius 2 is 1.91 bits per heavy atom. The molecule has 4 rings (SSSR count). The van der Waals surface area contributed by atoms with E-state index in [-0.39, 0.29) is 11.8 Å². The number of fused-ring (bicyclic) bond motifs is 1. The number of aromatic nitrogens is 1. The Balaban J connectivity index is 1.44.